The zero-order valence-corrected chi connectivity index (χ0v) is 27.5. The number of hydrogen-bond donors (Lipinski definition) is 3. The fourth-order valence-electron chi connectivity index (χ4n) is 6.28. The van der Waals surface area contributed by atoms with E-state index in [-0.39, 0.29) is 18.6 Å². The predicted octanol–water partition coefficient (Wildman–Crippen LogP) is 2.27. The molecule has 0 radical (unpaired) electrons. The lowest BCUT2D eigenvalue weighted by atomic mass is 9.83. The van der Waals surface area contributed by atoms with Crippen LogP contribution in [0.4, 0.5) is 5.69 Å². The number of methoxy groups -OCH3 is 1. The minimum absolute atomic E-state index is 0.0737. The second-order valence-corrected chi connectivity index (χ2v) is 11.9. The second-order valence-electron chi connectivity index (χ2n) is 11.9. The van der Waals surface area contributed by atoms with E-state index in [0.29, 0.717) is 43.0 Å². The van der Waals surface area contributed by atoms with E-state index in [2.05, 4.69) is 54.5 Å². The Kier molecular flexibility index (Phi) is 11.6. The van der Waals surface area contributed by atoms with Gasteiger partial charge in [-0.2, -0.15) is 0 Å². The Balaban J connectivity index is 1.44. The number of benzene rings is 3. The average molecular weight is 650 g/mol. The van der Waals surface area contributed by atoms with Gasteiger partial charge in [0, 0.05) is 22.7 Å². The van der Waals surface area contributed by atoms with Crippen LogP contribution in [0.2, 0.25) is 0 Å². The Hall–Kier alpha value is -4.99. The van der Waals surface area contributed by atoms with E-state index in [9.17, 15) is 14.4 Å². The molecule has 4 N–H and O–H groups in total. The van der Waals surface area contributed by atoms with E-state index < -0.39 is 23.8 Å². The van der Waals surface area contributed by atoms with Crippen LogP contribution < -0.4 is 42.0 Å². The minimum atomic E-state index is -0.870. The summed E-state index contributed by atoms with van der Waals surface area (Å²) in [5.74, 6) is -0.770. The summed E-state index contributed by atoms with van der Waals surface area (Å²) in [5, 5.41) is 9.96. The topological polar surface area (TPSA) is 129 Å². The van der Waals surface area contributed by atoms with Gasteiger partial charge in [-0.05, 0) is 77.4 Å². The van der Waals surface area contributed by atoms with Crippen LogP contribution in [0.15, 0.2) is 73.3 Å². The van der Waals surface area contributed by atoms with Gasteiger partial charge in [0.2, 0.25) is 5.91 Å². The molecule has 2 unspecified atom stereocenters. The largest absolute Gasteiger partial charge is 0.483 e. The predicted molar refractivity (Wildman–Crippen MR) is 188 cm³/mol. The van der Waals surface area contributed by atoms with Crippen molar-refractivity contribution in [3.05, 3.63) is 105 Å². The van der Waals surface area contributed by atoms with Crippen molar-refractivity contribution >= 4 is 47.3 Å². The molecule has 3 atom stereocenters. The maximum Gasteiger partial charge on any atom is 0.337 e. The lowest BCUT2D eigenvalue weighted by molar-refractivity contribution is -0.128. The van der Waals surface area contributed by atoms with Crippen molar-refractivity contribution in [2.24, 2.45) is 11.7 Å². The normalized spacial score (nSPS) is 16.9. The SMILES string of the molecule is C=CCOC1C(c2c(OCC(=O)N[C@H](CCCN)C(=O)Nc3cccc(C(=O)OC)c3)ccc3c2=CCCC=3)=c2ccccc2=CC1C. The van der Waals surface area contributed by atoms with Gasteiger partial charge in [0.05, 0.1) is 25.4 Å². The highest BCUT2D eigenvalue weighted by Gasteiger charge is 2.29. The fraction of sp³-hybridized carbons (Fsp3) is 0.308. The summed E-state index contributed by atoms with van der Waals surface area (Å²) in [6.07, 6.45) is 10.8. The Bertz CT molecular complexity index is 1940. The second kappa shape index (κ2) is 16.2. The summed E-state index contributed by atoms with van der Waals surface area (Å²) in [4.78, 5) is 38.7. The Morgan fingerprint density at radius 3 is 2.65 bits per heavy atom. The number of nitrogens with two attached hydrogens (primary N) is 1. The molecular weight excluding hydrogens is 606 g/mol. The van der Waals surface area contributed by atoms with E-state index in [0.717, 1.165) is 44.9 Å². The summed E-state index contributed by atoms with van der Waals surface area (Å²) in [6.45, 7) is 6.43. The molecule has 3 aromatic rings. The molecular formula is C39H43N3O6. The monoisotopic (exact) mass is 649 g/mol. The molecule has 0 aromatic heterocycles. The fourth-order valence-corrected chi connectivity index (χ4v) is 6.28. The summed E-state index contributed by atoms with van der Waals surface area (Å²) < 4.78 is 17.5. The molecule has 2 aliphatic carbocycles. The van der Waals surface area contributed by atoms with Crippen LogP contribution in [0.1, 0.15) is 48.5 Å². The van der Waals surface area contributed by atoms with Crippen LogP contribution in [-0.4, -0.2) is 56.8 Å². The van der Waals surface area contributed by atoms with E-state index in [1.54, 1.807) is 24.3 Å². The number of nitrogens with one attached hydrogen (secondary N) is 2. The van der Waals surface area contributed by atoms with Crippen molar-refractivity contribution in [2.75, 3.05) is 32.2 Å². The highest BCUT2D eigenvalue weighted by molar-refractivity contribution is 5.98. The van der Waals surface area contributed by atoms with Crippen molar-refractivity contribution < 1.29 is 28.6 Å². The number of fused-ring (bicyclic) bond motifs is 2. The summed E-state index contributed by atoms with van der Waals surface area (Å²) in [5.41, 5.74) is 8.36. The lowest BCUT2D eigenvalue weighted by Gasteiger charge is -2.30. The number of esters is 1. The molecule has 250 valence electrons. The van der Waals surface area contributed by atoms with Crippen LogP contribution >= 0.6 is 0 Å². The van der Waals surface area contributed by atoms with Gasteiger partial charge in [-0.25, -0.2) is 4.79 Å². The van der Waals surface area contributed by atoms with Crippen molar-refractivity contribution in [1.29, 1.82) is 0 Å². The maximum absolute atomic E-state index is 13.4. The third-order valence-electron chi connectivity index (χ3n) is 8.50. The molecule has 0 aliphatic heterocycles. The molecule has 0 spiro atoms. The van der Waals surface area contributed by atoms with Gasteiger partial charge in [0.25, 0.3) is 5.91 Å². The number of anilines is 1. The first-order valence-electron chi connectivity index (χ1n) is 16.3. The van der Waals surface area contributed by atoms with E-state index >= 15 is 0 Å². The van der Waals surface area contributed by atoms with E-state index in [4.69, 9.17) is 19.9 Å². The highest BCUT2D eigenvalue weighted by atomic mass is 16.5. The van der Waals surface area contributed by atoms with Gasteiger partial charge < -0.3 is 30.6 Å². The number of ether oxygens (including phenoxy) is 3. The minimum Gasteiger partial charge on any atom is -0.483 e. The Labute approximate surface area is 280 Å². The number of hydrogen-bond acceptors (Lipinski definition) is 7. The third-order valence-corrected chi connectivity index (χ3v) is 8.50. The molecule has 3 aromatic carbocycles. The van der Waals surface area contributed by atoms with Crippen LogP contribution in [-0.2, 0) is 19.1 Å². The number of rotatable bonds is 14. The van der Waals surface area contributed by atoms with Gasteiger partial charge in [-0.15, -0.1) is 6.58 Å². The summed E-state index contributed by atoms with van der Waals surface area (Å²) in [6, 6.07) is 17.7. The molecule has 0 heterocycles. The van der Waals surface area contributed by atoms with Crippen LogP contribution in [0, 0.1) is 5.92 Å². The van der Waals surface area contributed by atoms with Crippen molar-refractivity contribution in [2.45, 2.75) is 44.8 Å². The zero-order valence-electron chi connectivity index (χ0n) is 27.5. The smallest absolute Gasteiger partial charge is 0.337 e. The third kappa shape index (κ3) is 7.93. The molecule has 0 fully saturated rings. The molecule has 0 saturated carbocycles. The number of carbonyl (C=O) groups excluding carboxylic acids is 3. The van der Waals surface area contributed by atoms with Gasteiger partial charge >= 0.3 is 5.97 Å². The molecule has 0 bridgehead atoms. The molecule has 2 amide bonds. The van der Waals surface area contributed by atoms with E-state index in [1.807, 2.05) is 24.3 Å². The summed E-state index contributed by atoms with van der Waals surface area (Å²) in [7, 11) is 1.29. The van der Waals surface area contributed by atoms with Crippen LogP contribution in [0.5, 0.6) is 5.75 Å². The first-order chi connectivity index (χ1) is 23.3. The molecule has 9 heteroatoms. The van der Waals surface area contributed by atoms with Crippen LogP contribution in [0.25, 0.3) is 23.8 Å². The first-order valence-corrected chi connectivity index (χ1v) is 16.3. The van der Waals surface area contributed by atoms with Crippen LogP contribution in [0.3, 0.4) is 0 Å². The lowest BCUT2D eigenvalue weighted by Crippen LogP contribution is -2.46. The van der Waals surface area contributed by atoms with Gasteiger partial charge in [0.1, 0.15) is 11.8 Å². The molecule has 2 aliphatic rings. The van der Waals surface area contributed by atoms with Crippen molar-refractivity contribution in [3.63, 3.8) is 0 Å². The molecule has 48 heavy (non-hydrogen) atoms. The zero-order chi connectivity index (χ0) is 34.0. The first kappa shape index (κ1) is 34.3. The Morgan fingerprint density at radius 2 is 1.85 bits per heavy atom. The van der Waals surface area contributed by atoms with E-state index in [1.165, 1.54) is 13.2 Å². The van der Waals surface area contributed by atoms with Gasteiger partial charge in [-0.3, -0.25) is 9.59 Å². The summed E-state index contributed by atoms with van der Waals surface area (Å²) >= 11 is 0. The number of amides is 2. The quantitative estimate of drug-likeness (QED) is 0.181. The standard InChI is InChI=1S/C39H43N3O6/c1-4-21-47-37-25(2)22-27-12-6-8-16-31(27)36(37)35-30-15-7-5-11-26(30)18-19-33(35)48-24-34(43)42-32(17-10-20-40)38(44)41-29-14-9-13-28(23-29)39(45)46-3/h4,6,8-9,11-16,18-19,22-23,25,32,37H,1,5,7,10,17,20-21,24,40H2,2-3H3,(H,41,44)(H,42,43)/t25?,32-,37?/m1/s1. The van der Waals surface area contributed by atoms with Crippen molar-refractivity contribution in [3.8, 4) is 5.75 Å². The average Bonchev–Trinajstić information content (AvgIpc) is 3.10. The van der Waals surface area contributed by atoms with Gasteiger partial charge in [0.15, 0.2) is 6.61 Å². The number of carbonyl (C=O) groups is 3. The highest BCUT2D eigenvalue weighted by Crippen LogP contribution is 2.30. The maximum atomic E-state index is 13.4. The molecule has 9 nitrogen and oxygen atoms in total. The molecule has 5 rings (SSSR count). The van der Waals surface area contributed by atoms with Crippen molar-refractivity contribution in [1.82, 2.24) is 5.32 Å². The van der Waals surface area contributed by atoms with Gasteiger partial charge in [-0.1, -0.05) is 67.6 Å². The molecule has 0 saturated heterocycles. The Morgan fingerprint density at radius 1 is 1.04 bits per heavy atom.